The molecule has 0 radical (unpaired) electrons. The first kappa shape index (κ1) is 27.2. The number of rotatable bonds is 7. The molecule has 38 heavy (non-hydrogen) atoms. The molecule has 4 rings (SSSR count). The monoisotopic (exact) mass is 509 g/mol. The van der Waals surface area contributed by atoms with Gasteiger partial charge in [-0.15, -0.1) is 0 Å². The molecule has 0 aliphatic heterocycles. The lowest BCUT2D eigenvalue weighted by atomic mass is 9.87. The smallest absolute Gasteiger partial charge is 0.267 e. The molecular formula is C33H39N3O2. The normalized spacial score (nSPS) is 11.7. The molecule has 2 amide bonds. The number of carbonyl (C=O) groups excluding carboxylic acids is 2. The molecule has 0 spiro atoms. The molecule has 1 aromatic heterocycles. The largest absolute Gasteiger partial charge is 0.351 e. The van der Waals surface area contributed by atoms with Crippen LogP contribution in [0.4, 0.5) is 5.69 Å². The fourth-order valence-electron chi connectivity index (χ4n) is 4.47. The van der Waals surface area contributed by atoms with Crippen LogP contribution in [0.3, 0.4) is 0 Å². The standard InChI is InChI=1S/C33H39N3O2/c1-21(2)19-34-32(38)30-18-26-17-28(35-31(37)25-11-8-22(3)23(4)16-25)14-15-29(26)36(30)20-24-9-12-27(13-10-24)33(5,6)7/h8-18,21H,19-20H2,1-7H3,(H,34,38)(H,35,37). The maximum Gasteiger partial charge on any atom is 0.267 e. The topological polar surface area (TPSA) is 63.1 Å². The Kier molecular flexibility index (Phi) is 7.77. The lowest BCUT2D eigenvalue weighted by Crippen LogP contribution is -2.29. The summed E-state index contributed by atoms with van der Waals surface area (Å²) in [5.41, 5.74) is 7.59. The zero-order valence-electron chi connectivity index (χ0n) is 23.6. The van der Waals surface area contributed by atoms with Gasteiger partial charge in [-0.3, -0.25) is 9.59 Å². The van der Waals surface area contributed by atoms with Crippen LogP contribution in [0.1, 0.15) is 77.7 Å². The molecule has 0 saturated carbocycles. The second-order valence-electron chi connectivity index (χ2n) is 11.7. The molecule has 0 aliphatic carbocycles. The van der Waals surface area contributed by atoms with Crippen molar-refractivity contribution in [1.82, 2.24) is 9.88 Å². The summed E-state index contributed by atoms with van der Waals surface area (Å²) in [6, 6.07) is 22.1. The van der Waals surface area contributed by atoms with Gasteiger partial charge < -0.3 is 15.2 Å². The van der Waals surface area contributed by atoms with E-state index in [1.807, 2.05) is 56.3 Å². The third-order valence-corrected chi connectivity index (χ3v) is 6.99. The number of nitrogens with one attached hydrogen (secondary N) is 2. The van der Waals surface area contributed by atoms with Crippen molar-refractivity contribution in [1.29, 1.82) is 0 Å². The number of nitrogens with zero attached hydrogens (tertiary/aromatic N) is 1. The van der Waals surface area contributed by atoms with Crippen molar-refractivity contribution in [3.05, 3.63) is 100 Å². The van der Waals surface area contributed by atoms with E-state index >= 15 is 0 Å². The number of anilines is 1. The average Bonchev–Trinajstić information content (AvgIpc) is 3.21. The molecular weight excluding hydrogens is 470 g/mol. The Balaban J connectivity index is 1.67. The highest BCUT2D eigenvalue weighted by Gasteiger charge is 2.18. The van der Waals surface area contributed by atoms with Crippen LogP contribution < -0.4 is 10.6 Å². The molecule has 198 valence electrons. The van der Waals surface area contributed by atoms with Crippen LogP contribution in [-0.2, 0) is 12.0 Å². The predicted octanol–water partition coefficient (Wildman–Crippen LogP) is 7.24. The van der Waals surface area contributed by atoms with Crippen molar-refractivity contribution in [2.75, 3.05) is 11.9 Å². The highest BCUT2D eigenvalue weighted by molar-refractivity contribution is 6.06. The third kappa shape index (κ3) is 6.16. The molecule has 2 N–H and O–H groups in total. The van der Waals surface area contributed by atoms with Gasteiger partial charge in [-0.05, 0) is 83.8 Å². The zero-order valence-corrected chi connectivity index (χ0v) is 23.6. The van der Waals surface area contributed by atoms with Crippen LogP contribution in [0.25, 0.3) is 10.9 Å². The molecule has 1 heterocycles. The van der Waals surface area contributed by atoms with Gasteiger partial charge in [0.15, 0.2) is 0 Å². The van der Waals surface area contributed by atoms with Gasteiger partial charge in [-0.1, -0.05) is 65.0 Å². The van der Waals surface area contributed by atoms with Crippen LogP contribution in [0.5, 0.6) is 0 Å². The maximum absolute atomic E-state index is 13.2. The first-order valence-electron chi connectivity index (χ1n) is 13.3. The van der Waals surface area contributed by atoms with Gasteiger partial charge in [0.05, 0.1) is 0 Å². The number of hydrogen-bond acceptors (Lipinski definition) is 2. The summed E-state index contributed by atoms with van der Waals surface area (Å²) in [6.07, 6.45) is 0. The van der Waals surface area contributed by atoms with E-state index < -0.39 is 0 Å². The van der Waals surface area contributed by atoms with E-state index in [0.29, 0.717) is 36.0 Å². The van der Waals surface area contributed by atoms with Crippen LogP contribution >= 0.6 is 0 Å². The molecule has 0 fully saturated rings. The van der Waals surface area contributed by atoms with E-state index in [1.54, 1.807) is 0 Å². The van der Waals surface area contributed by atoms with Crippen LogP contribution in [0, 0.1) is 19.8 Å². The number of hydrogen-bond donors (Lipinski definition) is 2. The van der Waals surface area contributed by atoms with Gasteiger partial charge >= 0.3 is 0 Å². The van der Waals surface area contributed by atoms with Crippen LogP contribution in [0.15, 0.2) is 66.7 Å². The van der Waals surface area contributed by atoms with Crippen molar-refractivity contribution in [2.24, 2.45) is 5.92 Å². The molecule has 0 unspecified atom stereocenters. The number of aromatic nitrogens is 1. The summed E-state index contributed by atoms with van der Waals surface area (Å²) in [5, 5.41) is 6.99. The second kappa shape index (κ2) is 10.9. The Hall–Kier alpha value is -3.86. The maximum atomic E-state index is 13.2. The van der Waals surface area contributed by atoms with Crippen molar-refractivity contribution in [2.45, 2.75) is 60.4 Å². The number of aryl methyl sites for hydroxylation is 2. The molecule has 0 bridgehead atoms. The summed E-state index contributed by atoms with van der Waals surface area (Å²) in [4.78, 5) is 26.1. The number of benzene rings is 3. The molecule has 5 nitrogen and oxygen atoms in total. The van der Waals surface area contributed by atoms with Gasteiger partial charge in [0, 0.05) is 35.2 Å². The minimum absolute atomic E-state index is 0.0820. The summed E-state index contributed by atoms with van der Waals surface area (Å²) < 4.78 is 2.06. The van der Waals surface area contributed by atoms with Crippen LogP contribution in [-0.4, -0.2) is 22.9 Å². The van der Waals surface area contributed by atoms with Crippen molar-refractivity contribution >= 4 is 28.4 Å². The van der Waals surface area contributed by atoms with Gasteiger partial charge in [0.1, 0.15) is 5.69 Å². The van der Waals surface area contributed by atoms with E-state index in [0.717, 1.165) is 27.6 Å². The Labute approximate surface area is 226 Å². The summed E-state index contributed by atoms with van der Waals surface area (Å²) in [6.45, 7) is 16.0. The van der Waals surface area contributed by atoms with E-state index in [2.05, 4.69) is 74.1 Å². The fraction of sp³-hybridized carbons (Fsp3) is 0.333. The minimum atomic E-state index is -0.152. The number of amides is 2. The van der Waals surface area contributed by atoms with Crippen LogP contribution in [0.2, 0.25) is 0 Å². The quantitative estimate of drug-likeness (QED) is 0.276. The highest BCUT2D eigenvalue weighted by atomic mass is 16.2. The van der Waals surface area contributed by atoms with Crippen molar-refractivity contribution in [3.63, 3.8) is 0 Å². The summed E-state index contributed by atoms with van der Waals surface area (Å²) in [7, 11) is 0. The summed E-state index contributed by atoms with van der Waals surface area (Å²) in [5.74, 6) is 0.108. The van der Waals surface area contributed by atoms with Gasteiger partial charge in [0.2, 0.25) is 0 Å². The molecule has 0 aliphatic rings. The van der Waals surface area contributed by atoms with E-state index in [-0.39, 0.29) is 17.2 Å². The fourth-order valence-corrected chi connectivity index (χ4v) is 4.47. The molecule has 0 saturated heterocycles. The SMILES string of the molecule is Cc1ccc(C(=O)Nc2ccc3c(c2)cc(C(=O)NCC(C)C)n3Cc2ccc(C(C)(C)C)cc2)cc1C. The lowest BCUT2D eigenvalue weighted by molar-refractivity contribution is 0.0940. The first-order valence-corrected chi connectivity index (χ1v) is 13.3. The minimum Gasteiger partial charge on any atom is -0.351 e. The molecule has 0 atom stereocenters. The molecule has 3 aromatic carbocycles. The van der Waals surface area contributed by atoms with Gasteiger partial charge in [-0.2, -0.15) is 0 Å². The van der Waals surface area contributed by atoms with Gasteiger partial charge in [0.25, 0.3) is 11.8 Å². The first-order chi connectivity index (χ1) is 17.9. The summed E-state index contributed by atoms with van der Waals surface area (Å²) >= 11 is 0. The van der Waals surface area contributed by atoms with Gasteiger partial charge in [-0.25, -0.2) is 0 Å². The van der Waals surface area contributed by atoms with E-state index in [1.165, 1.54) is 5.56 Å². The van der Waals surface area contributed by atoms with Crippen molar-refractivity contribution in [3.8, 4) is 0 Å². The third-order valence-electron chi connectivity index (χ3n) is 6.99. The van der Waals surface area contributed by atoms with E-state index in [9.17, 15) is 9.59 Å². The molecule has 4 aromatic rings. The Morgan fingerprint density at radius 1 is 0.842 bits per heavy atom. The highest BCUT2D eigenvalue weighted by Crippen LogP contribution is 2.27. The predicted molar refractivity (Wildman–Crippen MR) is 157 cm³/mol. The number of fused-ring (bicyclic) bond motifs is 1. The Bertz CT molecular complexity index is 1470. The molecule has 5 heteroatoms. The van der Waals surface area contributed by atoms with Crippen molar-refractivity contribution < 1.29 is 9.59 Å². The average molecular weight is 510 g/mol. The van der Waals surface area contributed by atoms with E-state index in [4.69, 9.17) is 0 Å². The number of carbonyl (C=O) groups is 2. The second-order valence-corrected chi connectivity index (χ2v) is 11.7. The zero-order chi connectivity index (χ0) is 27.6. The Morgan fingerprint density at radius 3 is 2.18 bits per heavy atom. The lowest BCUT2D eigenvalue weighted by Gasteiger charge is -2.19. The Morgan fingerprint density at radius 2 is 1.55 bits per heavy atom.